The zero-order valence-electron chi connectivity index (χ0n) is 14.4. The molecule has 0 aliphatic heterocycles. The number of carbonyl (C=O) groups is 1. The summed E-state index contributed by atoms with van der Waals surface area (Å²) in [4.78, 5) is 11.9. The minimum atomic E-state index is 0.148. The van der Waals surface area contributed by atoms with Crippen molar-refractivity contribution < 1.29 is 4.79 Å². The first kappa shape index (κ1) is 17.2. The number of carbonyl (C=O) groups excluding carboxylic acids is 1. The molecule has 0 heterocycles. The Kier molecular flexibility index (Phi) is 5.54. The summed E-state index contributed by atoms with van der Waals surface area (Å²) in [5, 5.41) is 2.20. The van der Waals surface area contributed by atoms with E-state index in [0.717, 1.165) is 59.3 Å². The largest absolute Gasteiger partial charge is 0.290 e. The fraction of sp³-hybridized carbons (Fsp3) is 0.318. The lowest BCUT2D eigenvalue weighted by molar-refractivity contribution is -0.111. The lowest BCUT2D eigenvalue weighted by atomic mass is 9.92. The highest BCUT2D eigenvalue weighted by Crippen LogP contribution is 2.22. The van der Waals surface area contributed by atoms with Crippen molar-refractivity contribution in [1.29, 1.82) is 0 Å². The smallest absolute Gasteiger partial charge is 0.182 e. The fourth-order valence-corrected chi connectivity index (χ4v) is 2.88. The van der Waals surface area contributed by atoms with Crippen LogP contribution in [-0.4, -0.2) is 5.78 Å². The molecule has 1 aliphatic rings. The van der Waals surface area contributed by atoms with Crippen molar-refractivity contribution in [3.05, 3.63) is 69.1 Å². The van der Waals surface area contributed by atoms with Gasteiger partial charge in [-0.3, -0.25) is 4.79 Å². The maximum atomic E-state index is 11.9. The second-order valence-corrected chi connectivity index (χ2v) is 6.49. The predicted octanol–water partition coefficient (Wildman–Crippen LogP) is 3.93. The second kappa shape index (κ2) is 7.41. The SMILES string of the molecule is C=C1C=C(CCCCCc2cc(=C)c(C)cc2=C)C(=O)C=C1C. The summed E-state index contributed by atoms with van der Waals surface area (Å²) in [5.41, 5.74) is 5.33. The van der Waals surface area contributed by atoms with E-state index in [2.05, 4.69) is 38.8 Å². The Morgan fingerprint density at radius 1 is 0.870 bits per heavy atom. The molecule has 1 nitrogen and oxygen atoms in total. The maximum absolute atomic E-state index is 11.9. The third-order valence-electron chi connectivity index (χ3n) is 4.57. The summed E-state index contributed by atoms with van der Waals surface area (Å²) in [6.45, 7) is 16.2. The van der Waals surface area contributed by atoms with Crippen LogP contribution in [0.2, 0.25) is 0 Å². The molecule has 0 amide bonds. The molecule has 120 valence electrons. The van der Waals surface area contributed by atoms with E-state index in [1.807, 2.05) is 13.0 Å². The lowest BCUT2D eigenvalue weighted by Crippen LogP contribution is -2.16. The van der Waals surface area contributed by atoms with Crippen LogP contribution in [0.25, 0.3) is 13.2 Å². The van der Waals surface area contributed by atoms with Gasteiger partial charge < -0.3 is 0 Å². The highest BCUT2D eigenvalue weighted by Gasteiger charge is 2.13. The van der Waals surface area contributed by atoms with Crippen molar-refractivity contribution >= 4 is 18.9 Å². The number of unbranched alkanes of at least 4 members (excludes halogenated alkanes) is 2. The minimum Gasteiger partial charge on any atom is -0.290 e. The third kappa shape index (κ3) is 4.41. The first-order chi connectivity index (χ1) is 10.9. The van der Waals surface area contributed by atoms with Crippen molar-refractivity contribution in [3.63, 3.8) is 0 Å². The molecule has 0 spiro atoms. The zero-order chi connectivity index (χ0) is 17.0. The Morgan fingerprint density at radius 3 is 2.30 bits per heavy atom. The van der Waals surface area contributed by atoms with Gasteiger partial charge in [0.1, 0.15) is 0 Å². The number of hydrogen-bond acceptors (Lipinski definition) is 1. The van der Waals surface area contributed by atoms with Crippen LogP contribution in [0.3, 0.4) is 0 Å². The number of allylic oxidation sites excluding steroid dienone is 5. The molecule has 1 aromatic carbocycles. The molecule has 23 heavy (non-hydrogen) atoms. The van der Waals surface area contributed by atoms with Crippen LogP contribution >= 0.6 is 0 Å². The number of benzene rings is 1. The van der Waals surface area contributed by atoms with Gasteiger partial charge in [-0.25, -0.2) is 0 Å². The zero-order valence-corrected chi connectivity index (χ0v) is 14.4. The van der Waals surface area contributed by atoms with Gasteiger partial charge in [0.05, 0.1) is 0 Å². The van der Waals surface area contributed by atoms with Crippen LogP contribution in [0, 0.1) is 6.92 Å². The highest BCUT2D eigenvalue weighted by atomic mass is 16.1. The molecular formula is C22H26O. The van der Waals surface area contributed by atoms with E-state index >= 15 is 0 Å². The van der Waals surface area contributed by atoms with E-state index in [9.17, 15) is 4.79 Å². The van der Waals surface area contributed by atoms with Gasteiger partial charge in [-0.15, -0.1) is 0 Å². The van der Waals surface area contributed by atoms with Crippen LogP contribution in [0.15, 0.2) is 47.6 Å². The molecule has 0 saturated heterocycles. The Labute approximate surface area is 139 Å². The lowest BCUT2D eigenvalue weighted by Gasteiger charge is -2.12. The van der Waals surface area contributed by atoms with Gasteiger partial charge in [0, 0.05) is 5.57 Å². The topological polar surface area (TPSA) is 17.1 Å². The van der Waals surface area contributed by atoms with Crippen LogP contribution in [0.1, 0.15) is 43.7 Å². The van der Waals surface area contributed by atoms with E-state index in [1.54, 1.807) is 6.08 Å². The molecule has 0 aromatic heterocycles. The Hall–Kier alpha value is -2.15. The summed E-state index contributed by atoms with van der Waals surface area (Å²) in [7, 11) is 0. The van der Waals surface area contributed by atoms with Gasteiger partial charge in [-0.05, 0) is 84.4 Å². The maximum Gasteiger partial charge on any atom is 0.182 e. The first-order valence-electron chi connectivity index (χ1n) is 8.28. The van der Waals surface area contributed by atoms with Gasteiger partial charge in [0.25, 0.3) is 0 Å². The summed E-state index contributed by atoms with van der Waals surface area (Å²) >= 11 is 0. The molecule has 1 heteroatoms. The molecule has 0 atom stereocenters. The summed E-state index contributed by atoms with van der Waals surface area (Å²) in [6.07, 6.45) is 8.78. The molecule has 1 aromatic rings. The van der Waals surface area contributed by atoms with E-state index < -0.39 is 0 Å². The highest BCUT2D eigenvalue weighted by molar-refractivity contribution is 6.06. The monoisotopic (exact) mass is 306 g/mol. The van der Waals surface area contributed by atoms with E-state index in [1.165, 1.54) is 11.1 Å². The molecule has 2 rings (SSSR count). The normalized spacial score (nSPS) is 14.7. The molecular weight excluding hydrogens is 280 g/mol. The summed E-state index contributed by atoms with van der Waals surface area (Å²) < 4.78 is 0. The number of rotatable bonds is 6. The van der Waals surface area contributed by atoms with Crippen molar-refractivity contribution in [3.8, 4) is 0 Å². The van der Waals surface area contributed by atoms with Gasteiger partial charge in [-0.2, -0.15) is 0 Å². The predicted molar refractivity (Wildman–Crippen MR) is 99.6 cm³/mol. The Bertz CT molecular complexity index is 790. The minimum absolute atomic E-state index is 0.148. The Balaban J connectivity index is 1.81. The van der Waals surface area contributed by atoms with Gasteiger partial charge in [0.15, 0.2) is 5.78 Å². The summed E-state index contributed by atoms with van der Waals surface area (Å²) in [5.74, 6) is 0.148. The van der Waals surface area contributed by atoms with E-state index in [-0.39, 0.29) is 5.78 Å². The first-order valence-corrected chi connectivity index (χ1v) is 8.28. The fourth-order valence-electron chi connectivity index (χ4n) is 2.88. The van der Waals surface area contributed by atoms with E-state index in [0.29, 0.717) is 0 Å². The number of ketones is 1. The van der Waals surface area contributed by atoms with Gasteiger partial charge in [0.2, 0.25) is 0 Å². The van der Waals surface area contributed by atoms with Crippen LogP contribution in [0.5, 0.6) is 0 Å². The third-order valence-corrected chi connectivity index (χ3v) is 4.57. The van der Waals surface area contributed by atoms with Crippen molar-refractivity contribution in [1.82, 2.24) is 0 Å². The Morgan fingerprint density at radius 2 is 1.57 bits per heavy atom. The van der Waals surface area contributed by atoms with Crippen molar-refractivity contribution in [2.45, 2.75) is 46.0 Å². The van der Waals surface area contributed by atoms with Crippen LogP contribution in [0.4, 0.5) is 0 Å². The quantitative estimate of drug-likeness (QED) is 0.728. The molecule has 0 fully saturated rings. The molecule has 0 saturated carbocycles. The van der Waals surface area contributed by atoms with Crippen molar-refractivity contribution in [2.75, 3.05) is 0 Å². The van der Waals surface area contributed by atoms with Gasteiger partial charge in [-0.1, -0.05) is 38.3 Å². The second-order valence-electron chi connectivity index (χ2n) is 6.49. The number of aryl methyl sites for hydroxylation is 2. The average molecular weight is 306 g/mol. The van der Waals surface area contributed by atoms with Gasteiger partial charge >= 0.3 is 0 Å². The van der Waals surface area contributed by atoms with E-state index in [4.69, 9.17) is 0 Å². The standard InChI is InChI=1S/C22H26O/c1-15-11-19(5)20(12-16(15)2)9-7-6-8-10-21-13-17(3)18(4)14-22(21)23/h11-14H,2-3,5-10H2,1,4H3. The molecule has 1 aliphatic carbocycles. The summed E-state index contributed by atoms with van der Waals surface area (Å²) in [6, 6.07) is 4.27. The average Bonchev–Trinajstić information content (AvgIpc) is 2.49. The van der Waals surface area contributed by atoms with Crippen LogP contribution in [-0.2, 0) is 11.2 Å². The molecule has 0 unspecified atom stereocenters. The molecule has 0 N–H and O–H groups in total. The molecule has 0 radical (unpaired) electrons. The van der Waals surface area contributed by atoms with Crippen molar-refractivity contribution in [2.24, 2.45) is 0 Å². The number of hydrogen-bond donors (Lipinski definition) is 0. The van der Waals surface area contributed by atoms with Crippen LogP contribution < -0.4 is 10.4 Å². The molecule has 0 bridgehead atoms.